The molecule has 1 heterocycles. The first-order valence-corrected chi connectivity index (χ1v) is 11.1. The molecular weight excluding hydrogens is 434 g/mol. The molecule has 0 atom stereocenters. The molecule has 0 saturated carbocycles. The summed E-state index contributed by atoms with van der Waals surface area (Å²) in [5, 5.41) is 5.83. The molecule has 164 valence electrons. The first-order chi connectivity index (χ1) is 15.4. The number of nitrogens with zero attached hydrogens (tertiary/aromatic N) is 1. The molecule has 0 aromatic heterocycles. The van der Waals surface area contributed by atoms with E-state index in [0.717, 1.165) is 15.3 Å². The van der Waals surface area contributed by atoms with Gasteiger partial charge in [0.25, 0.3) is 15.9 Å². The van der Waals surface area contributed by atoms with Crippen molar-refractivity contribution >= 4 is 44.4 Å². The van der Waals surface area contributed by atoms with Crippen LogP contribution >= 0.6 is 0 Å². The minimum absolute atomic E-state index is 0.117. The van der Waals surface area contributed by atoms with Crippen molar-refractivity contribution in [1.29, 1.82) is 0 Å². The smallest absolute Gasteiger partial charge is 0.327 e. The van der Waals surface area contributed by atoms with E-state index in [4.69, 9.17) is 4.74 Å². The van der Waals surface area contributed by atoms with Gasteiger partial charge in [0.15, 0.2) is 6.61 Å². The van der Waals surface area contributed by atoms with Crippen molar-refractivity contribution in [2.24, 2.45) is 0 Å². The number of benzene rings is 3. The van der Waals surface area contributed by atoms with Crippen molar-refractivity contribution in [2.75, 3.05) is 17.5 Å². The summed E-state index contributed by atoms with van der Waals surface area (Å²) in [5.74, 6) is -1.75. The number of nitrogens with one attached hydrogen (secondary N) is 2. The molecule has 3 aromatic rings. The molecule has 0 bridgehead atoms. The maximum absolute atomic E-state index is 12.9. The maximum atomic E-state index is 12.9. The summed E-state index contributed by atoms with van der Waals surface area (Å²) in [6.45, 7) is -1.09. The SMILES string of the molecule is O=C(COC(=O)CN1c2cccc3cccc(c23)S1(=O)=O)NC(=O)NCc1ccccc1. The van der Waals surface area contributed by atoms with Crippen LogP contribution in [0, 0.1) is 0 Å². The van der Waals surface area contributed by atoms with Gasteiger partial charge < -0.3 is 10.1 Å². The summed E-state index contributed by atoms with van der Waals surface area (Å²) in [6.07, 6.45) is 0. The third-order valence-corrected chi connectivity index (χ3v) is 6.67. The number of rotatable bonds is 6. The lowest BCUT2D eigenvalue weighted by Gasteiger charge is -2.17. The molecule has 32 heavy (non-hydrogen) atoms. The number of amides is 3. The molecule has 3 aromatic carbocycles. The molecule has 2 N–H and O–H groups in total. The summed E-state index contributed by atoms with van der Waals surface area (Å²) in [6, 6.07) is 18.4. The first kappa shape index (κ1) is 21.3. The van der Waals surface area contributed by atoms with E-state index in [0.29, 0.717) is 11.1 Å². The molecule has 0 fully saturated rings. The summed E-state index contributed by atoms with van der Waals surface area (Å²) in [5.41, 5.74) is 1.23. The van der Waals surface area contributed by atoms with Crippen LogP contribution in [-0.4, -0.2) is 39.5 Å². The van der Waals surface area contributed by atoms with Crippen LogP contribution in [0.2, 0.25) is 0 Å². The standard InChI is InChI=1S/C22H19N3O6S/c26-19(24-22(28)23-12-15-6-2-1-3-7-15)14-31-20(27)13-25-17-10-4-8-16-9-5-11-18(21(16)17)32(25,29)30/h1-11H,12-14H2,(H2,23,24,26,28). The lowest BCUT2D eigenvalue weighted by atomic mass is 10.1. The Labute approximate surface area is 184 Å². The zero-order valence-corrected chi connectivity index (χ0v) is 17.6. The lowest BCUT2D eigenvalue weighted by molar-refractivity contribution is -0.146. The predicted molar refractivity (Wildman–Crippen MR) is 116 cm³/mol. The Bertz CT molecular complexity index is 1300. The Balaban J connectivity index is 1.31. The number of carbonyl (C=O) groups is 3. The zero-order valence-electron chi connectivity index (χ0n) is 16.8. The lowest BCUT2D eigenvalue weighted by Crippen LogP contribution is -2.42. The number of urea groups is 1. The van der Waals surface area contributed by atoms with Gasteiger partial charge in [-0.2, -0.15) is 0 Å². The second-order valence-electron chi connectivity index (χ2n) is 7.02. The monoisotopic (exact) mass is 453 g/mol. The topological polar surface area (TPSA) is 122 Å². The summed E-state index contributed by atoms with van der Waals surface area (Å²) >= 11 is 0. The Morgan fingerprint density at radius 1 is 0.906 bits per heavy atom. The highest BCUT2D eigenvalue weighted by Gasteiger charge is 2.37. The van der Waals surface area contributed by atoms with Crippen LogP contribution in [0.25, 0.3) is 10.8 Å². The molecule has 1 aliphatic heterocycles. The fraction of sp³-hybridized carbons (Fsp3) is 0.136. The van der Waals surface area contributed by atoms with Gasteiger partial charge in [-0.3, -0.25) is 19.2 Å². The van der Waals surface area contributed by atoms with E-state index in [1.807, 2.05) is 35.6 Å². The average Bonchev–Trinajstić information content (AvgIpc) is 3.00. The summed E-state index contributed by atoms with van der Waals surface area (Å²) in [7, 11) is -3.92. The Morgan fingerprint density at radius 2 is 1.62 bits per heavy atom. The fourth-order valence-electron chi connectivity index (χ4n) is 3.42. The highest BCUT2D eigenvalue weighted by atomic mass is 32.2. The third kappa shape index (κ3) is 4.26. The molecule has 4 rings (SSSR count). The van der Waals surface area contributed by atoms with Crippen LogP contribution in [0.4, 0.5) is 10.5 Å². The summed E-state index contributed by atoms with van der Waals surface area (Å²) < 4.78 is 31.6. The van der Waals surface area contributed by atoms with Crippen molar-refractivity contribution < 1.29 is 27.5 Å². The van der Waals surface area contributed by atoms with Gasteiger partial charge in [-0.25, -0.2) is 13.2 Å². The van der Waals surface area contributed by atoms with Crippen molar-refractivity contribution in [3.05, 3.63) is 72.3 Å². The summed E-state index contributed by atoms with van der Waals surface area (Å²) in [4.78, 5) is 36.0. The number of ether oxygens (including phenoxy) is 1. The van der Waals surface area contributed by atoms with E-state index in [-0.39, 0.29) is 11.4 Å². The molecule has 9 nitrogen and oxygen atoms in total. The van der Waals surface area contributed by atoms with Crippen molar-refractivity contribution in [1.82, 2.24) is 10.6 Å². The van der Waals surface area contributed by atoms with Gasteiger partial charge in [0.2, 0.25) is 0 Å². The van der Waals surface area contributed by atoms with Crippen LogP contribution in [0.3, 0.4) is 0 Å². The number of hydrogen-bond acceptors (Lipinski definition) is 6. The van der Waals surface area contributed by atoms with Crippen LogP contribution < -0.4 is 14.9 Å². The Hall–Kier alpha value is -3.92. The van der Waals surface area contributed by atoms with Gasteiger partial charge >= 0.3 is 12.0 Å². The number of carbonyl (C=O) groups excluding carboxylic acids is 3. The minimum Gasteiger partial charge on any atom is -0.454 e. The Kier molecular flexibility index (Phi) is 5.78. The van der Waals surface area contributed by atoms with Gasteiger partial charge in [0.1, 0.15) is 6.54 Å². The number of esters is 1. The van der Waals surface area contributed by atoms with Crippen LogP contribution in [0.5, 0.6) is 0 Å². The van der Waals surface area contributed by atoms with E-state index in [9.17, 15) is 22.8 Å². The fourth-order valence-corrected chi connectivity index (χ4v) is 5.08. The third-order valence-electron chi connectivity index (χ3n) is 4.87. The average molecular weight is 453 g/mol. The normalized spacial score (nSPS) is 13.6. The van der Waals surface area contributed by atoms with Crippen LogP contribution in [-0.2, 0) is 30.9 Å². The molecule has 0 aliphatic carbocycles. The van der Waals surface area contributed by atoms with Gasteiger partial charge in [-0.15, -0.1) is 0 Å². The van der Waals surface area contributed by atoms with E-state index >= 15 is 0 Å². The maximum Gasteiger partial charge on any atom is 0.327 e. The van der Waals surface area contributed by atoms with Gasteiger partial charge in [0.05, 0.1) is 10.6 Å². The second kappa shape index (κ2) is 8.67. The van der Waals surface area contributed by atoms with E-state index < -0.39 is 41.1 Å². The molecule has 3 amide bonds. The molecule has 0 unspecified atom stereocenters. The molecular formula is C22H19N3O6S. The Morgan fingerprint density at radius 3 is 2.38 bits per heavy atom. The van der Waals surface area contributed by atoms with Crippen molar-refractivity contribution in [2.45, 2.75) is 11.4 Å². The molecule has 1 aliphatic rings. The zero-order chi connectivity index (χ0) is 22.7. The van der Waals surface area contributed by atoms with Gasteiger partial charge in [-0.05, 0) is 23.1 Å². The molecule has 10 heteroatoms. The molecule has 0 radical (unpaired) electrons. The number of hydrogen-bond donors (Lipinski definition) is 2. The van der Waals surface area contributed by atoms with Crippen LogP contribution in [0.1, 0.15) is 5.56 Å². The number of sulfonamides is 1. The highest BCUT2D eigenvalue weighted by molar-refractivity contribution is 7.93. The largest absolute Gasteiger partial charge is 0.454 e. The van der Waals surface area contributed by atoms with Crippen molar-refractivity contribution in [3.8, 4) is 0 Å². The second-order valence-corrected chi connectivity index (χ2v) is 8.85. The predicted octanol–water partition coefficient (Wildman–Crippen LogP) is 1.92. The molecule has 0 spiro atoms. The molecule has 0 saturated heterocycles. The van der Waals surface area contributed by atoms with Gasteiger partial charge in [-0.1, -0.05) is 54.6 Å². The van der Waals surface area contributed by atoms with E-state index in [2.05, 4.69) is 5.32 Å². The quantitative estimate of drug-likeness (QED) is 0.550. The van der Waals surface area contributed by atoms with E-state index in [1.165, 1.54) is 6.07 Å². The number of imide groups is 1. The minimum atomic E-state index is -3.92. The van der Waals surface area contributed by atoms with Gasteiger partial charge in [0, 0.05) is 11.9 Å². The number of anilines is 1. The van der Waals surface area contributed by atoms with Crippen LogP contribution in [0.15, 0.2) is 71.6 Å². The first-order valence-electron chi connectivity index (χ1n) is 9.68. The van der Waals surface area contributed by atoms with E-state index in [1.54, 1.807) is 30.3 Å². The highest BCUT2D eigenvalue weighted by Crippen LogP contribution is 2.41. The van der Waals surface area contributed by atoms with Crippen molar-refractivity contribution in [3.63, 3.8) is 0 Å².